The number of anilines is 1. The molecule has 0 spiro atoms. The van der Waals surface area contributed by atoms with Crippen molar-refractivity contribution in [3.05, 3.63) is 29.3 Å². The Morgan fingerprint density at radius 2 is 1.95 bits per heavy atom. The summed E-state index contributed by atoms with van der Waals surface area (Å²) in [7, 11) is 2.04. The van der Waals surface area contributed by atoms with Crippen molar-refractivity contribution in [2.24, 2.45) is 5.92 Å². The molecule has 0 aliphatic heterocycles. The number of hydrogen-bond acceptors (Lipinski definition) is 3. The Hall–Kier alpha value is -1.06. The van der Waals surface area contributed by atoms with Crippen molar-refractivity contribution in [2.45, 2.75) is 46.7 Å². The number of rotatable bonds is 7. The third-order valence-electron chi connectivity index (χ3n) is 3.80. The van der Waals surface area contributed by atoms with Gasteiger partial charge in [-0.25, -0.2) is 0 Å². The molecule has 3 heteroatoms. The summed E-state index contributed by atoms with van der Waals surface area (Å²) >= 11 is 0. The number of nitrogens with zero attached hydrogens (tertiary/aromatic N) is 1. The first-order valence-corrected chi connectivity index (χ1v) is 7.43. The Morgan fingerprint density at radius 3 is 2.45 bits per heavy atom. The zero-order valence-electron chi connectivity index (χ0n) is 13.8. The van der Waals surface area contributed by atoms with Gasteiger partial charge in [0.15, 0.2) is 0 Å². The van der Waals surface area contributed by atoms with Gasteiger partial charge in [0, 0.05) is 19.3 Å². The van der Waals surface area contributed by atoms with Crippen molar-refractivity contribution in [1.29, 1.82) is 0 Å². The number of aliphatic hydroxyl groups is 1. The average molecular weight is 278 g/mol. The van der Waals surface area contributed by atoms with Crippen molar-refractivity contribution in [3.63, 3.8) is 0 Å². The van der Waals surface area contributed by atoms with Gasteiger partial charge in [-0.05, 0) is 50.4 Å². The van der Waals surface area contributed by atoms with Crippen LogP contribution in [-0.4, -0.2) is 30.8 Å². The average Bonchev–Trinajstić information content (AvgIpc) is 2.37. The van der Waals surface area contributed by atoms with Gasteiger partial charge in [0.05, 0.1) is 12.1 Å². The topological polar surface area (TPSA) is 35.5 Å². The van der Waals surface area contributed by atoms with Gasteiger partial charge >= 0.3 is 0 Å². The van der Waals surface area contributed by atoms with Crippen LogP contribution in [0.25, 0.3) is 0 Å². The number of benzene rings is 1. The van der Waals surface area contributed by atoms with Gasteiger partial charge in [0.25, 0.3) is 0 Å². The van der Waals surface area contributed by atoms with Crippen molar-refractivity contribution in [1.82, 2.24) is 5.32 Å². The molecule has 0 bridgehead atoms. The summed E-state index contributed by atoms with van der Waals surface area (Å²) in [5.41, 5.74) is 3.49. The van der Waals surface area contributed by atoms with E-state index in [1.54, 1.807) is 0 Å². The number of likely N-dealkylation sites (N-methyl/N-ethyl adjacent to an activating group) is 1. The highest BCUT2D eigenvalue weighted by Crippen LogP contribution is 2.26. The fraction of sp³-hybridized carbons (Fsp3) is 0.647. The van der Waals surface area contributed by atoms with Gasteiger partial charge in [0.1, 0.15) is 0 Å². The molecule has 1 aromatic carbocycles. The first-order valence-electron chi connectivity index (χ1n) is 7.43. The highest BCUT2D eigenvalue weighted by Gasteiger charge is 2.23. The van der Waals surface area contributed by atoms with Crippen molar-refractivity contribution in [2.75, 3.05) is 25.1 Å². The monoisotopic (exact) mass is 278 g/mol. The van der Waals surface area contributed by atoms with E-state index >= 15 is 0 Å². The van der Waals surface area contributed by atoms with Crippen LogP contribution in [0.15, 0.2) is 18.2 Å². The van der Waals surface area contributed by atoms with Crippen LogP contribution in [0.5, 0.6) is 0 Å². The van der Waals surface area contributed by atoms with Crippen LogP contribution < -0.4 is 10.2 Å². The van der Waals surface area contributed by atoms with Crippen LogP contribution in [-0.2, 0) is 6.54 Å². The van der Waals surface area contributed by atoms with Gasteiger partial charge in [-0.1, -0.05) is 26.0 Å². The summed E-state index contributed by atoms with van der Waals surface area (Å²) in [6, 6.07) is 6.55. The van der Waals surface area contributed by atoms with E-state index in [0.717, 1.165) is 13.1 Å². The fourth-order valence-corrected chi connectivity index (χ4v) is 2.14. The lowest BCUT2D eigenvalue weighted by Gasteiger charge is -2.37. The van der Waals surface area contributed by atoms with Gasteiger partial charge in [0.2, 0.25) is 0 Å². The van der Waals surface area contributed by atoms with E-state index in [1.807, 2.05) is 20.9 Å². The molecule has 1 aromatic rings. The molecule has 0 amide bonds. The summed E-state index contributed by atoms with van der Waals surface area (Å²) in [5.74, 6) is 0.673. The maximum Gasteiger partial charge on any atom is 0.0658 e. The lowest BCUT2D eigenvalue weighted by molar-refractivity contribution is 0.216. The summed E-state index contributed by atoms with van der Waals surface area (Å²) in [5, 5.41) is 13.0. The summed E-state index contributed by atoms with van der Waals surface area (Å²) in [6.07, 6.45) is 0. The molecule has 114 valence electrons. The molecule has 0 heterocycles. The fourth-order valence-electron chi connectivity index (χ4n) is 2.14. The Kier molecular flexibility index (Phi) is 6.03. The normalized spacial score (nSPS) is 12.0. The van der Waals surface area contributed by atoms with Crippen LogP contribution in [0.3, 0.4) is 0 Å². The molecule has 0 radical (unpaired) electrons. The first-order chi connectivity index (χ1) is 9.27. The molecule has 0 fully saturated rings. The van der Waals surface area contributed by atoms with Gasteiger partial charge in [-0.2, -0.15) is 0 Å². The maximum atomic E-state index is 9.49. The molecule has 1 rings (SSSR count). The first kappa shape index (κ1) is 17.0. The minimum Gasteiger partial charge on any atom is -0.394 e. The Balaban J connectivity index is 2.78. The van der Waals surface area contributed by atoms with Crippen LogP contribution in [0.2, 0.25) is 0 Å². The van der Waals surface area contributed by atoms with Crippen LogP contribution >= 0.6 is 0 Å². The second-order valence-electron chi connectivity index (χ2n) is 6.68. The highest BCUT2D eigenvalue weighted by molar-refractivity contribution is 5.55. The van der Waals surface area contributed by atoms with Crippen molar-refractivity contribution < 1.29 is 5.11 Å². The molecule has 0 aromatic heterocycles. The third kappa shape index (κ3) is 4.50. The van der Waals surface area contributed by atoms with E-state index in [-0.39, 0.29) is 12.1 Å². The van der Waals surface area contributed by atoms with E-state index in [0.29, 0.717) is 5.92 Å². The predicted molar refractivity (Wildman–Crippen MR) is 87.3 cm³/mol. The minimum absolute atomic E-state index is 0.140. The SMILES string of the molecule is Cc1cc(CNCC(C)C)ccc1N(C)C(C)(C)CO. The molecule has 0 saturated carbocycles. The quantitative estimate of drug-likeness (QED) is 0.805. The van der Waals surface area contributed by atoms with Crippen LogP contribution in [0, 0.1) is 12.8 Å². The number of aryl methyl sites for hydroxylation is 1. The molecular weight excluding hydrogens is 248 g/mol. The van der Waals surface area contributed by atoms with Crippen molar-refractivity contribution in [3.8, 4) is 0 Å². The molecular formula is C17H30N2O. The molecule has 0 aliphatic rings. The summed E-state index contributed by atoms with van der Waals surface area (Å²) < 4.78 is 0. The molecule has 2 N–H and O–H groups in total. The predicted octanol–water partition coefficient (Wildman–Crippen LogP) is 2.95. The van der Waals surface area contributed by atoms with E-state index in [1.165, 1.54) is 16.8 Å². The zero-order valence-corrected chi connectivity index (χ0v) is 13.8. The Bertz CT molecular complexity index is 427. The summed E-state index contributed by atoms with van der Waals surface area (Å²) in [6.45, 7) is 12.7. The number of aliphatic hydroxyl groups excluding tert-OH is 1. The third-order valence-corrected chi connectivity index (χ3v) is 3.80. The molecule has 0 saturated heterocycles. The van der Waals surface area contributed by atoms with E-state index in [2.05, 4.69) is 49.2 Å². The zero-order chi connectivity index (χ0) is 15.3. The second-order valence-corrected chi connectivity index (χ2v) is 6.68. The smallest absolute Gasteiger partial charge is 0.0658 e. The molecule has 3 nitrogen and oxygen atoms in total. The lowest BCUT2D eigenvalue weighted by atomic mass is 10.0. The summed E-state index contributed by atoms with van der Waals surface area (Å²) in [4.78, 5) is 2.15. The molecule has 20 heavy (non-hydrogen) atoms. The molecule has 0 atom stereocenters. The van der Waals surface area contributed by atoms with Gasteiger partial charge in [-0.3, -0.25) is 0 Å². The van der Waals surface area contributed by atoms with E-state index in [9.17, 15) is 5.11 Å². The Labute approximate surface area is 124 Å². The van der Waals surface area contributed by atoms with Gasteiger partial charge < -0.3 is 15.3 Å². The standard InChI is InChI=1S/C17H30N2O/c1-13(2)10-18-11-15-7-8-16(14(3)9-15)19(6)17(4,5)12-20/h7-9,13,18,20H,10-12H2,1-6H3. The lowest BCUT2D eigenvalue weighted by Crippen LogP contribution is -2.44. The van der Waals surface area contributed by atoms with Crippen LogP contribution in [0.4, 0.5) is 5.69 Å². The van der Waals surface area contributed by atoms with E-state index in [4.69, 9.17) is 0 Å². The number of hydrogen-bond donors (Lipinski definition) is 2. The van der Waals surface area contributed by atoms with Gasteiger partial charge in [-0.15, -0.1) is 0 Å². The minimum atomic E-state index is -0.248. The highest BCUT2D eigenvalue weighted by atomic mass is 16.3. The molecule has 0 aliphatic carbocycles. The van der Waals surface area contributed by atoms with Crippen molar-refractivity contribution >= 4 is 5.69 Å². The largest absolute Gasteiger partial charge is 0.394 e. The maximum absolute atomic E-state index is 9.49. The molecule has 0 unspecified atom stereocenters. The number of nitrogens with one attached hydrogen (secondary N) is 1. The Morgan fingerprint density at radius 1 is 1.30 bits per heavy atom. The second kappa shape index (κ2) is 7.09. The van der Waals surface area contributed by atoms with Crippen LogP contribution in [0.1, 0.15) is 38.8 Å². The van der Waals surface area contributed by atoms with E-state index < -0.39 is 0 Å².